The second-order valence-corrected chi connectivity index (χ2v) is 10.1. The molecule has 36 heavy (non-hydrogen) atoms. The van der Waals surface area contributed by atoms with E-state index in [1.165, 1.54) is 58.1 Å². The molecule has 0 aliphatic heterocycles. The summed E-state index contributed by atoms with van der Waals surface area (Å²) in [5.41, 5.74) is 8.28. The standard InChI is InChI=1S/C34H44.2Li/c1-7-25(5)22-33(29-18-14-27(9-3)15-19-29)31-12-11-13-32(24-31)34(23-26(6)8-2)30-20-16-28(10-4)17-21-30;;/h11-21,24-26H,7-10,22-23H2,1-6H3;;/q-2;2*+1. The summed E-state index contributed by atoms with van der Waals surface area (Å²) >= 11 is 0. The molecule has 0 aliphatic carbocycles. The molecule has 0 bridgehead atoms. The molecule has 0 nitrogen and oxygen atoms in total. The van der Waals surface area contributed by atoms with Crippen LogP contribution in [0.5, 0.6) is 0 Å². The van der Waals surface area contributed by atoms with Gasteiger partial charge in [0.05, 0.1) is 0 Å². The Balaban J connectivity index is 0.00000324. The Morgan fingerprint density at radius 3 is 1.19 bits per heavy atom. The Labute approximate surface area is 246 Å². The van der Waals surface area contributed by atoms with E-state index in [0.717, 1.165) is 25.7 Å². The molecule has 3 aromatic carbocycles. The number of rotatable bonds is 12. The zero-order valence-electron chi connectivity index (χ0n) is 24.3. The minimum atomic E-state index is 0. The van der Waals surface area contributed by atoms with Crippen LogP contribution >= 0.6 is 0 Å². The van der Waals surface area contributed by atoms with E-state index in [2.05, 4.69) is 114 Å². The minimum absolute atomic E-state index is 0. The van der Waals surface area contributed by atoms with Crippen LogP contribution in [0.4, 0.5) is 0 Å². The van der Waals surface area contributed by atoms with E-state index in [4.69, 9.17) is 0 Å². The molecular weight excluding hydrogens is 422 g/mol. The number of hydrogen-bond donors (Lipinski definition) is 0. The van der Waals surface area contributed by atoms with Gasteiger partial charge in [-0.2, -0.15) is 0 Å². The predicted octanol–water partition coefficient (Wildman–Crippen LogP) is 3.63. The van der Waals surface area contributed by atoms with Gasteiger partial charge in [-0.15, -0.1) is 82.6 Å². The van der Waals surface area contributed by atoms with Crippen molar-refractivity contribution in [1.29, 1.82) is 0 Å². The zero-order valence-corrected chi connectivity index (χ0v) is 24.3. The van der Waals surface area contributed by atoms with Crippen molar-refractivity contribution in [3.63, 3.8) is 0 Å². The van der Waals surface area contributed by atoms with Crippen LogP contribution in [0.25, 0.3) is 0 Å². The molecule has 0 N–H and O–H groups in total. The van der Waals surface area contributed by atoms with Crippen molar-refractivity contribution in [2.24, 2.45) is 11.8 Å². The molecule has 2 heteroatoms. The predicted molar refractivity (Wildman–Crippen MR) is 149 cm³/mol. The molecule has 182 valence electrons. The third-order valence-corrected chi connectivity index (χ3v) is 7.48. The molecule has 3 rings (SSSR count). The van der Waals surface area contributed by atoms with Gasteiger partial charge in [-0.05, 0) is 24.7 Å². The van der Waals surface area contributed by atoms with Crippen LogP contribution in [-0.2, 0) is 12.8 Å². The Kier molecular flexibility index (Phi) is 14.9. The molecule has 0 fully saturated rings. The maximum absolute atomic E-state index is 2.46. The van der Waals surface area contributed by atoms with Crippen LogP contribution in [0.1, 0.15) is 101 Å². The molecule has 2 unspecified atom stereocenters. The van der Waals surface area contributed by atoms with Gasteiger partial charge in [0, 0.05) is 0 Å². The molecular formula is C34H44Li2. The van der Waals surface area contributed by atoms with E-state index in [0.29, 0.717) is 11.8 Å². The van der Waals surface area contributed by atoms with E-state index >= 15 is 0 Å². The molecule has 0 heterocycles. The summed E-state index contributed by atoms with van der Waals surface area (Å²) in [7, 11) is 0. The third kappa shape index (κ3) is 8.86. The van der Waals surface area contributed by atoms with Gasteiger partial charge in [-0.1, -0.05) is 103 Å². The first-order valence-corrected chi connectivity index (χ1v) is 13.5. The van der Waals surface area contributed by atoms with Crippen LogP contribution in [0.15, 0.2) is 72.8 Å². The number of aryl methyl sites for hydroxylation is 2. The normalized spacial score (nSPS) is 12.2. The van der Waals surface area contributed by atoms with Gasteiger partial charge in [-0.3, -0.25) is 0 Å². The monoisotopic (exact) mass is 466 g/mol. The molecule has 2 atom stereocenters. The quantitative estimate of drug-likeness (QED) is 0.283. The van der Waals surface area contributed by atoms with Crippen molar-refractivity contribution >= 4 is 0 Å². The topological polar surface area (TPSA) is 0 Å². The van der Waals surface area contributed by atoms with Gasteiger partial charge in [-0.25, -0.2) is 0 Å². The summed E-state index contributed by atoms with van der Waals surface area (Å²) in [6.45, 7) is 13.8. The maximum Gasteiger partial charge on any atom is 1.00 e. The molecule has 0 radical (unpaired) electrons. The Hall–Kier alpha value is -1.41. The number of hydrogen-bond acceptors (Lipinski definition) is 0. The van der Waals surface area contributed by atoms with Gasteiger partial charge in [0.2, 0.25) is 0 Å². The second-order valence-electron chi connectivity index (χ2n) is 10.1. The minimum Gasteiger partial charge on any atom is -0.129 e. The molecule has 0 spiro atoms. The largest absolute Gasteiger partial charge is 1.00 e. The number of benzene rings is 3. The summed E-state index contributed by atoms with van der Waals surface area (Å²) in [5, 5.41) is 0. The Bertz CT molecular complexity index is 912. The van der Waals surface area contributed by atoms with E-state index in [-0.39, 0.29) is 37.7 Å². The average Bonchev–Trinajstić information content (AvgIpc) is 2.90. The summed E-state index contributed by atoms with van der Waals surface area (Å²) in [4.78, 5) is 0. The van der Waals surface area contributed by atoms with Crippen LogP contribution in [0.2, 0.25) is 0 Å². The van der Waals surface area contributed by atoms with Crippen LogP contribution in [0, 0.1) is 23.7 Å². The summed E-state index contributed by atoms with van der Waals surface area (Å²) < 4.78 is 0. The van der Waals surface area contributed by atoms with Gasteiger partial charge in [0.15, 0.2) is 0 Å². The fourth-order valence-electron chi connectivity index (χ4n) is 4.57. The van der Waals surface area contributed by atoms with E-state index < -0.39 is 0 Å². The van der Waals surface area contributed by atoms with E-state index in [1.807, 2.05) is 0 Å². The summed E-state index contributed by atoms with van der Waals surface area (Å²) in [6.07, 6.45) is 6.79. The van der Waals surface area contributed by atoms with Crippen molar-refractivity contribution < 1.29 is 37.7 Å². The second kappa shape index (κ2) is 16.4. The van der Waals surface area contributed by atoms with E-state index in [9.17, 15) is 0 Å². The third-order valence-electron chi connectivity index (χ3n) is 7.48. The maximum atomic E-state index is 2.46. The molecule has 3 aromatic rings. The van der Waals surface area contributed by atoms with Gasteiger partial charge in [0.25, 0.3) is 0 Å². The fraction of sp³-hybridized carbons (Fsp3) is 0.412. The molecule has 0 amide bonds. The first-order chi connectivity index (χ1) is 16.5. The molecule has 0 aliphatic rings. The van der Waals surface area contributed by atoms with Gasteiger partial charge in [0.1, 0.15) is 0 Å². The van der Waals surface area contributed by atoms with Crippen molar-refractivity contribution in [1.82, 2.24) is 0 Å². The Morgan fingerprint density at radius 2 is 0.889 bits per heavy atom. The first kappa shape index (κ1) is 32.6. The molecule has 0 aromatic heterocycles. The summed E-state index contributed by atoms with van der Waals surface area (Å²) in [5.74, 6) is 4.27. The van der Waals surface area contributed by atoms with Crippen LogP contribution < -0.4 is 37.7 Å². The average molecular weight is 467 g/mol. The van der Waals surface area contributed by atoms with E-state index in [1.54, 1.807) is 0 Å². The smallest absolute Gasteiger partial charge is 0.129 e. The van der Waals surface area contributed by atoms with Crippen molar-refractivity contribution in [2.75, 3.05) is 0 Å². The van der Waals surface area contributed by atoms with Gasteiger partial charge >= 0.3 is 37.7 Å². The first-order valence-electron chi connectivity index (χ1n) is 13.5. The van der Waals surface area contributed by atoms with Crippen molar-refractivity contribution in [2.45, 2.75) is 80.1 Å². The zero-order chi connectivity index (χ0) is 24.5. The fourth-order valence-corrected chi connectivity index (χ4v) is 4.57. The molecule has 0 saturated heterocycles. The van der Waals surface area contributed by atoms with Crippen LogP contribution in [0.3, 0.4) is 0 Å². The van der Waals surface area contributed by atoms with Crippen molar-refractivity contribution in [3.8, 4) is 0 Å². The Morgan fingerprint density at radius 1 is 0.528 bits per heavy atom. The SMILES string of the molecule is CCc1ccc([C-](CC(C)CC)c2cccc([C-](CC(C)CC)c3ccc(CC)cc3)c2)cc1.[Li+].[Li+]. The van der Waals surface area contributed by atoms with Crippen molar-refractivity contribution in [3.05, 3.63) is 118 Å². The van der Waals surface area contributed by atoms with Crippen LogP contribution in [-0.4, -0.2) is 0 Å². The van der Waals surface area contributed by atoms with Gasteiger partial charge < -0.3 is 0 Å². The molecule has 0 saturated carbocycles. The summed E-state index contributed by atoms with van der Waals surface area (Å²) in [6, 6.07) is 27.9.